The Labute approximate surface area is 132 Å². The topological polar surface area (TPSA) is 58.7 Å². The monoisotopic (exact) mass is 309 g/mol. The Hall–Kier alpha value is -2.64. The summed E-state index contributed by atoms with van der Waals surface area (Å²) in [7, 11) is 1.80. The molecule has 0 fully saturated rings. The number of carbonyl (C=O) groups excluding carboxylic acids is 1. The molecule has 0 N–H and O–H groups in total. The van der Waals surface area contributed by atoms with E-state index in [9.17, 15) is 10.1 Å². The van der Waals surface area contributed by atoms with Crippen LogP contribution < -0.4 is 0 Å². The van der Waals surface area contributed by atoms with Crippen molar-refractivity contribution in [3.8, 4) is 6.07 Å². The number of hydrogen-bond acceptors (Lipinski definition) is 3. The van der Waals surface area contributed by atoms with Gasteiger partial charge in [-0.05, 0) is 24.3 Å². The van der Waals surface area contributed by atoms with Crippen LogP contribution in [0.5, 0.6) is 0 Å². The number of Topliss-reactive ketones (excluding diaryl/α,β-unsaturated/α-hetero) is 1. The Morgan fingerprint density at radius 2 is 1.91 bits per heavy atom. The van der Waals surface area contributed by atoms with Gasteiger partial charge < -0.3 is 4.57 Å². The Morgan fingerprint density at radius 3 is 2.59 bits per heavy atom. The standard InChI is InChI=1S/C17H12ClN3O/c1-21-15-9-5-4-8-14(15)20-17(21)12(10-19)16(22)11-6-2-3-7-13(11)18/h2-9,12H,1H3/t12-/m0/s1. The molecular formula is C17H12ClN3O. The van der Waals surface area contributed by atoms with E-state index in [1.165, 1.54) is 0 Å². The molecule has 1 atom stereocenters. The second-order valence-electron chi connectivity index (χ2n) is 4.92. The number of ketones is 1. The average molecular weight is 310 g/mol. The van der Waals surface area contributed by atoms with E-state index in [1.54, 1.807) is 35.9 Å². The van der Waals surface area contributed by atoms with Gasteiger partial charge >= 0.3 is 0 Å². The zero-order chi connectivity index (χ0) is 15.7. The van der Waals surface area contributed by atoms with E-state index in [-0.39, 0.29) is 5.78 Å². The second kappa shape index (κ2) is 5.63. The number of hydrogen-bond donors (Lipinski definition) is 0. The third-order valence-corrected chi connectivity index (χ3v) is 3.94. The maximum atomic E-state index is 12.7. The van der Waals surface area contributed by atoms with Gasteiger partial charge in [0.25, 0.3) is 0 Å². The second-order valence-corrected chi connectivity index (χ2v) is 5.33. The smallest absolute Gasteiger partial charge is 0.189 e. The van der Waals surface area contributed by atoms with Crippen molar-refractivity contribution < 1.29 is 4.79 Å². The molecule has 0 aliphatic heterocycles. The third-order valence-electron chi connectivity index (χ3n) is 3.61. The van der Waals surface area contributed by atoms with Gasteiger partial charge in [-0.2, -0.15) is 5.26 Å². The van der Waals surface area contributed by atoms with E-state index in [1.807, 2.05) is 24.3 Å². The van der Waals surface area contributed by atoms with Crippen LogP contribution in [0.2, 0.25) is 5.02 Å². The summed E-state index contributed by atoms with van der Waals surface area (Å²) in [6, 6.07) is 16.3. The van der Waals surface area contributed by atoms with Gasteiger partial charge in [0, 0.05) is 12.6 Å². The van der Waals surface area contributed by atoms with Crippen molar-refractivity contribution in [1.82, 2.24) is 9.55 Å². The molecule has 2 aromatic carbocycles. The van der Waals surface area contributed by atoms with Crippen LogP contribution in [-0.4, -0.2) is 15.3 Å². The van der Waals surface area contributed by atoms with Crippen molar-refractivity contribution in [2.75, 3.05) is 0 Å². The highest BCUT2D eigenvalue weighted by Gasteiger charge is 2.28. The first-order chi connectivity index (χ1) is 10.6. The highest BCUT2D eigenvalue weighted by atomic mass is 35.5. The molecule has 3 aromatic rings. The molecule has 0 bridgehead atoms. The van der Waals surface area contributed by atoms with E-state index in [0.29, 0.717) is 16.4 Å². The van der Waals surface area contributed by atoms with E-state index < -0.39 is 5.92 Å². The summed E-state index contributed by atoms with van der Waals surface area (Å²) in [5.74, 6) is -0.905. The third kappa shape index (κ3) is 2.26. The highest BCUT2D eigenvalue weighted by Crippen LogP contribution is 2.26. The first-order valence-electron chi connectivity index (χ1n) is 6.73. The highest BCUT2D eigenvalue weighted by molar-refractivity contribution is 6.34. The molecule has 4 nitrogen and oxygen atoms in total. The SMILES string of the molecule is Cn1c([C@@H](C#N)C(=O)c2ccccc2Cl)nc2ccccc21. The first-order valence-corrected chi connectivity index (χ1v) is 7.11. The number of benzene rings is 2. The maximum Gasteiger partial charge on any atom is 0.189 e. The fourth-order valence-electron chi connectivity index (χ4n) is 2.47. The number of halogens is 1. The molecule has 0 unspecified atom stereocenters. The number of nitriles is 1. The van der Waals surface area contributed by atoms with E-state index in [0.717, 1.165) is 11.0 Å². The summed E-state index contributed by atoms with van der Waals surface area (Å²) in [5.41, 5.74) is 1.97. The van der Waals surface area contributed by atoms with Crippen LogP contribution in [0.3, 0.4) is 0 Å². The Morgan fingerprint density at radius 1 is 1.23 bits per heavy atom. The molecule has 0 saturated carbocycles. The van der Waals surface area contributed by atoms with Crippen LogP contribution in [0.25, 0.3) is 11.0 Å². The normalized spacial score (nSPS) is 12.0. The van der Waals surface area contributed by atoms with E-state index in [2.05, 4.69) is 11.1 Å². The van der Waals surface area contributed by atoms with Gasteiger partial charge in [0.05, 0.1) is 22.1 Å². The molecule has 108 valence electrons. The number of carbonyl (C=O) groups is 1. The molecule has 5 heteroatoms. The molecule has 0 saturated heterocycles. The zero-order valence-electron chi connectivity index (χ0n) is 11.8. The molecule has 3 rings (SSSR count). The molecule has 0 amide bonds. The van der Waals surface area contributed by atoms with Crippen LogP contribution >= 0.6 is 11.6 Å². The minimum atomic E-state index is -0.989. The summed E-state index contributed by atoms with van der Waals surface area (Å²) in [6.07, 6.45) is 0. The van der Waals surface area contributed by atoms with Gasteiger partial charge in [-0.1, -0.05) is 35.9 Å². The van der Waals surface area contributed by atoms with Gasteiger partial charge in [0.1, 0.15) is 5.82 Å². The van der Waals surface area contributed by atoms with Crippen molar-refractivity contribution in [2.24, 2.45) is 7.05 Å². The average Bonchev–Trinajstić information content (AvgIpc) is 2.86. The molecular weight excluding hydrogens is 298 g/mol. The quantitative estimate of drug-likeness (QED) is 0.693. The van der Waals surface area contributed by atoms with Crippen molar-refractivity contribution in [1.29, 1.82) is 5.26 Å². The lowest BCUT2D eigenvalue weighted by atomic mass is 9.98. The number of nitrogens with zero attached hydrogens (tertiary/aromatic N) is 3. The molecule has 1 heterocycles. The van der Waals surface area contributed by atoms with E-state index >= 15 is 0 Å². The lowest BCUT2D eigenvalue weighted by molar-refractivity contribution is 0.0975. The first kappa shape index (κ1) is 14.3. The van der Waals surface area contributed by atoms with Gasteiger partial charge in [0.15, 0.2) is 11.7 Å². The fourth-order valence-corrected chi connectivity index (χ4v) is 2.70. The zero-order valence-corrected chi connectivity index (χ0v) is 12.6. The van der Waals surface area contributed by atoms with Crippen molar-refractivity contribution in [2.45, 2.75) is 5.92 Å². The Kier molecular flexibility index (Phi) is 3.66. The van der Waals surface area contributed by atoms with Crippen molar-refractivity contribution in [3.05, 3.63) is 64.9 Å². The largest absolute Gasteiger partial charge is 0.330 e. The Balaban J connectivity index is 2.11. The molecule has 0 spiro atoms. The number of imidazole rings is 1. The number of fused-ring (bicyclic) bond motifs is 1. The van der Waals surface area contributed by atoms with Crippen LogP contribution in [0.1, 0.15) is 22.1 Å². The fraction of sp³-hybridized carbons (Fsp3) is 0.118. The molecule has 1 aromatic heterocycles. The van der Waals surface area contributed by atoms with Gasteiger partial charge in [-0.3, -0.25) is 4.79 Å². The Bertz CT molecular complexity index is 908. The number of rotatable bonds is 3. The van der Waals surface area contributed by atoms with E-state index in [4.69, 9.17) is 11.6 Å². The number of aryl methyl sites for hydroxylation is 1. The molecule has 0 aliphatic rings. The van der Waals surface area contributed by atoms with Crippen LogP contribution in [0, 0.1) is 11.3 Å². The predicted octanol–water partition coefficient (Wildman–Crippen LogP) is 3.72. The predicted molar refractivity (Wildman–Crippen MR) is 84.9 cm³/mol. The molecule has 22 heavy (non-hydrogen) atoms. The van der Waals surface area contributed by atoms with Gasteiger partial charge in [0.2, 0.25) is 0 Å². The lowest BCUT2D eigenvalue weighted by Crippen LogP contribution is -2.16. The van der Waals surface area contributed by atoms with Crippen LogP contribution in [0.15, 0.2) is 48.5 Å². The van der Waals surface area contributed by atoms with Gasteiger partial charge in [-0.15, -0.1) is 0 Å². The summed E-state index contributed by atoms with van der Waals surface area (Å²) in [6.45, 7) is 0. The molecule has 0 aliphatic carbocycles. The number of aromatic nitrogens is 2. The summed E-state index contributed by atoms with van der Waals surface area (Å²) < 4.78 is 1.78. The van der Waals surface area contributed by atoms with Gasteiger partial charge in [-0.25, -0.2) is 4.98 Å². The summed E-state index contributed by atoms with van der Waals surface area (Å²) in [4.78, 5) is 17.1. The minimum Gasteiger partial charge on any atom is -0.330 e. The van der Waals surface area contributed by atoms with Crippen molar-refractivity contribution in [3.63, 3.8) is 0 Å². The molecule has 0 radical (unpaired) electrons. The number of para-hydroxylation sites is 2. The summed E-state index contributed by atoms with van der Waals surface area (Å²) >= 11 is 6.07. The van der Waals surface area contributed by atoms with Crippen LogP contribution in [-0.2, 0) is 7.05 Å². The van der Waals surface area contributed by atoms with Crippen LogP contribution in [0.4, 0.5) is 0 Å². The minimum absolute atomic E-state index is 0.336. The maximum absolute atomic E-state index is 12.7. The van der Waals surface area contributed by atoms with Crippen molar-refractivity contribution >= 4 is 28.4 Å². The lowest BCUT2D eigenvalue weighted by Gasteiger charge is -2.09. The summed E-state index contributed by atoms with van der Waals surface area (Å²) in [5, 5.41) is 9.82.